The number of urea groups is 1. The van der Waals surface area contributed by atoms with Crippen molar-refractivity contribution >= 4 is 6.03 Å². The van der Waals surface area contributed by atoms with E-state index in [0.717, 1.165) is 12.8 Å². The van der Waals surface area contributed by atoms with Crippen LogP contribution < -0.4 is 10.6 Å². The van der Waals surface area contributed by atoms with Crippen LogP contribution in [0.15, 0.2) is 0 Å². The van der Waals surface area contributed by atoms with Gasteiger partial charge in [-0.1, -0.05) is 19.3 Å². The SMILES string of the molecule is C#CC(C)(C)NC(=O)NCCCC. The van der Waals surface area contributed by atoms with E-state index in [1.54, 1.807) is 13.8 Å². The van der Waals surface area contributed by atoms with Crippen molar-refractivity contribution < 1.29 is 4.79 Å². The van der Waals surface area contributed by atoms with Gasteiger partial charge in [0.05, 0.1) is 5.54 Å². The molecule has 0 unspecified atom stereocenters. The van der Waals surface area contributed by atoms with Crippen molar-refractivity contribution in [3.8, 4) is 12.3 Å². The summed E-state index contributed by atoms with van der Waals surface area (Å²) in [6, 6.07) is -0.198. The minimum Gasteiger partial charge on any atom is -0.338 e. The van der Waals surface area contributed by atoms with Crippen LogP contribution in [-0.4, -0.2) is 18.1 Å². The van der Waals surface area contributed by atoms with Crippen molar-refractivity contribution in [1.29, 1.82) is 0 Å². The summed E-state index contributed by atoms with van der Waals surface area (Å²) < 4.78 is 0. The van der Waals surface area contributed by atoms with E-state index in [0.29, 0.717) is 6.54 Å². The van der Waals surface area contributed by atoms with Gasteiger partial charge in [-0.2, -0.15) is 0 Å². The molecule has 0 aromatic rings. The summed E-state index contributed by atoms with van der Waals surface area (Å²) in [6.45, 7) is 6.34. The third-order valence-corrected chi connectivity index (χ3v) is 1.60. The zero-order valence-corrected chi connectivity index (χ0v) is 8.61. The summed E-state index contributed by atoms with van der Waals surface area (Å²) in [5.41, 5.74) is -0.573. The number of hydrogen-bond acceptors (Lipinski definition) is 1. The highest BCUT2D eigenvalue weighted by molar-refractivity contribution is 5.75. The third-order valence-electron chi connectivity index (χ3n) is 1.60. The fraction of sp³-hybridized carbons (Fsp3) is 0.700. The smallest absolute Gasteiger partial charge is 0.315 e. The predicted molar refractivity (Wildman–Crippen MR) is 54.4 cm³/mol. The van der Waals surface area contributed by atoms with Gasteiger partial charge >= 0.3 is 6.03 Å². The lowest BCUT2D eigenvalue weighted by atomic mass is 10.1. The Morgan fingerprint density at radius 2 is 2.15 bits per heavy atom. The topological polar surface area (TPSA) is 41.1 Å². The van der Waals surface area contributed by atoms with Gasteiger partial charge in [-0.25, -0.2) is 4.79 Å². The predicted octanol–water partition coefficient (Wildman–Crippen LogP) is 1.50. The second-order valence-corrected chi connectivity index (χ2v) is 3.50. The second kappa shape index (κ2) is 5.47. The van der Waals surface area contributed by atoms with Gasteiger partial charge in [0.15, 0.2) is 0 Å². The summed E-state index contributed by atoms with van der Waals surface area (Å²) in [5.74, 6) is 2.49. The number of amides is 2. The van der Waals surface area contributed by atoms with E-state index in [4.69, 9.17) is 6.42 Å². The van der Waals surface area contributed by atoms with Crippen molar-refractivity contribution in [2.24, 2.45) is 0 Å². The Kier molecular flexibility index (Phi) is 4.98. The molecule has 13 heavy (non-hydrogen) atoms. The molecule has 2 N–H and O–H groups in total. The lowest BCUT2D eigenvalue weighted by Gasteiger charge is -2.19. The van der Waals surface area contributed by atoms with E-state index in [1.165, 1.54) is 0 Å². The standard InChI is InChI=1S/C10H18N2O/c1-5-7-8-11-9(13)12-10(3,4)6-2/h2H,5,7-8H2,1,3-4H3,(H2,11,12,13). The Labute approximate surface area is 80.3 Å². The van der Waals surface area contributed by atoms with Crippen LogP contribution in [0, 0.1) is 12.3 Å². The molecule has 0 bridgehead atoms. The van der Waals surface area contributed by atoms with Gasteiger partial charge in [0, 0.05) is 6.54 Å². The summed E-state index contributed by atoms with van der Waals surface area (Å²) in [7, 11) is 0. The van der Waals surface area contributed by atoms with Gasteiger partial charge in [-0.15, -0.1) is 6.42 Å². The third kappa shape index (κ3) is 6.03. The number of hydrogen-bond donors (Lipinski definition) is 2. The van der Waals surface area contributed by atoms with Crippen LogP contribution in [-0.2, 0) is 0 Å². The number of carbonyl (C=O) groups excluding carboxylic acids is 1. The molecule has 0 aliphatic heterocycles. The Morgan fingerprint density at radius 1 is 1.54 bits per heavy atom. The normalized spacial score (nSPS) is 10.3. The molecule has 0 aliphatic rings. The summed E-state index contributed by atoms with van der Waals surface area (Å²) in [4.78, 5) is 11.2. The lowest BCUT2D eigenvalue weighted by molar-refractivity contribution is 0.235. The van der Waals surface area contributed by atoms with Crippen LogP contribution >= 0.6 is 0 Å². The second-order valence-electron chi connectivity index (χ2n) is 3.50. The largest absolute Gasteiger partial charge is 0.338 e. The minimum atomic E-state index is -0.573. The van der Waals surface area contributed by atoms with Crippen molar-refractivity contribution in [1.82, 2.24) is 10.6 Å². The zero-order chi connectivity index (χ0) is 10.3. The molecule has 3 nitrogen and oxygen atoms in total. The molecule has 0 saturated carbocycles. The molecule has 0 saturated heterocycles. The monoisotopic (exact) mass is 182 g/mol. The highest BCUT2D eigenvalue weighted by Crippen LogP contribution is 1.97. The lowest BCUT2D eigenvalue weighted by Crippen LogP contribution is -2.47. The van der Waals surface area contributed by atoms with Crippen LogP contribution in [0.4, 0.5) is 4.79 Å². The Bertz CT molecular complexity index is 203. The van der Waals surface area contributed by atoms with Gasteiger partial charge in [-0.05, 0) is 20.3 Å². The molecule has 3 heteroatoms. The van der Waals surface area contributed by atoms with E-state index in [9.17, 15) is 4.79 Å². The molecule has 2 amide bonds. The minimum absolute atomic E-state index is 0.198. The molecule has 0 aliphatic carbocycles. The zero-order valence-electron chi connectivity index (χ0n) is 8.61. The molecule has 0 spiro atoms. The van der Waals surface area contributed by atoms with Crippen molar-refractivity contribution in [3.05, 3.63) is 0 Å². The van der Waals surface area contributed by atoms with Crippen LogP contribution in [0.1, 0.15) is 33.6 Å². The van der Waals surface area contributed by atoms with Gasteiger partial charge in [0.25, 0.3) is 0 Å². The van der Waals surface area contributed by atoms with Crippen molar-refractivity contribution in [3.63, 3.8) is 0 Å². The molecule has 0 rings (SSSR count). The fourth-order valence-corrected chi connectivity index (χ4v) is 0.743. The quantitative estimate of drug-likeness (QED) is 0.502. The van der Waals surface area contributed by atoms with Crippen LogP contribution in [0.3, 0.4) is 0 Å². The van der Waals surface area contributed by atoms with E-state index < -0.39 is 5.54 Å². The van der Waals surface area contributed by atoms with E-state index in [1.807, 2.05) is 0 Å². The maximum absolute atomic E-state index is 11.2. The van der Waals surface area contributed by atoms with Gasteiger partial charge in [-0.3, -0.25) is 0 Å². The molecule has 0 atom stereocenters. The molecule has 0 aromatic carbocycles. The van der Waals surface area contributed by atoms with E-state index >= 15 is 0 Å². The Morgan fingerprint density at radius 3 is 2.62 bits per heavy atom. The first-order valence-electron chi connectivity index (χ1n) is 4.55. The molecular formula is C10H18N2O. The van der Waals surface area contributed by atoms with Crippen molar-refractivity contribution in [2.75, 3.05) is 6.54 Å². The average molecular weight is 182 g/mol. The molecule has 0 fully saturated rings. The molecule has 0 radical (unpaired) electrons. The van der Waals surface area contributed by atoms with Gasteiger partial charge < -0.3 is 10.6 Å². The summed E-state index contributed by atoms with van der Waals surface area (Å²) in [6.07, 6.45) is 7.28. The Balaban J connectivity index is 3.70. The number of unbranched alkanes of at least 4 members (excludes halogenated alkanes) is 1. The number of rotatable bonds is 4. The van der Waals surface area contributed by atoms with Crippen LogP contribution in [0.5, 0.6) is 0 Å². The fourth-order valence-electron chi connectivity index (χ4n) is 0.743. The number of terminal acetylenes is 1. The van der Waals surface area contributed by atoms with Gasteiger partial charge in [0.1, 0.15) is 0 Å². The first-order valence-corrected chi connectivity index (χ1v) is 4.55. The molecule has 0 heterocycles. The first-order chi connectivity index (χ1) is 6.02. The maximum atomic E-state index is 11.2. The molecule has 74 valence electrons. The van der Waals surface area contributed by atoms with Gasteiger partial charge in [0.2, 0.25) is 0 Å². The van der Waals surface area contributed by atoms with E-state index in [2.05, 4.69) is 23.5 Å². The van der Waals surface area contributed by atoms with E-state index in [-0.39, 0.29) is 6.03 Å². The van der Waals surface area contributed by atoms with Crippen molar-refractivity contribution in [2.45, 2.75) is 39.2 Å². The first kappa shape index (κ1) is 11.8. The molecule has 0 aromatic heterocycles. The summed E-state index contributed by atoms with van der Waals surface area (Å²) in [5, 5.41) is 5.41. The maximum Gasteiger partial charge on any atom is 0.315 e. The number of carbonyl (C=O) groups is 1. The van der Waals surface area contributed by atoms with Crippen LogP contribution in [0.25, 0.3) is 0 Å². The average Bonchev–Trinajstić information content (AvgIpc) is 2.04. The summed E-state index contributed by atoms with van der Waals surface area (Å²) >= 11 is 0. The number of nitrogens with one attached hydrogen (secondary N) is 2. The highest BCUT2D eigenvalue weighted by atomic mass is 16.2. The van der Waals surface area contributed by atoms with Crippen LogP contribution in [0.2, 0.25) is 0 Å². The Hall–Kier alpha value is -1.17. The highest BCUT2D eigenvalue weighted by Gasteiger charge is 2.15. The molecular weight excluding hydrogens is 164 g/mol.